The van der Waals surface area contributed by atoms with Gasteiger partial charge in [0.2, 0.25) is 0 Å². The maximum absolute atomic E-state index is 11.9. The Morgan fingerprint density at radius 3 is 2.23 bits per heavy atom. The van der Waals surface area contributed by atoms with Gasteiger partial charge >= 0.3 is 5.97 Å². The van der Waals surface area contributed by atoms with Gasteiger partial charge in [-0.2, -0.15) is 0 Å². The van der Waals surface area contributed by atoms with Crippen molar-refractivity contribution < 1.29 is 9.53 Å². The summed E-state index contributed by atoms with van der Waals surface area (Å²) in [7, 11) is 0. The monoisotopic (exact) mass is 315 g/mol. The highest BCUT2D eigenvalue weighted by Crippen LogP contribution is 2.28. The number of ether oxygens (including phenoxy) is 1. The number of esters is 1. The van der Waals surface area contributed by atoms with Crippen molar-refractivity contribution in [3.63, 3.8) is 0 Å². The third kappa shape index (κ3) is 3.06. The second kappa shape index (κ2) is 5.95. The zero-order chi connectivity index (χ0) is 15.0. The van der Waals surface area contributed by atoms with E-state index in [0.717, 1.165) is 21.5 Å². The maximum atomic E-state index is 11.9. The first-order chi connectivity index (χ1) is 9.95. The number of nitrogens with two attached hydrogens (primary N) is 1. The van der Waals surface area contributed by atoms with Crippen molar-refractivity contribution in [2.45, 2.75) is 19.4 Å². The van der Waals surface area contributed by atoms with Gasteiger partial charge in [-0.15, -0.1) is 12.4 Å². The first kappa shape index (κ1) is 16.3. The quantitative estimate of drug-likeness (QED) is 0.441. The van der Waals surface area contributed by atoms with E-state index in [1.807, 2.05) is 24.3 Å². The highest BCUT2D eigenvalue weighted by molar-refractivity contribution is 6.08. The first-order valence-corrected chi connectivity index (χ1v) is 6.88. The largest absolute Gasteiger partial charge is 0.425 e. The number of fused-ring (bicyclic) bond motifs is 3. The van der Waals surface area contributed by atoms with E-state index < -0.39 is 11.5 Å². The lowest BCUT2D eigenvalue weighted by molar-refractivity contribution is -0.139. The van der Waals surface area contributed by atoms with Crippen molar-refractivity contribution >= 4 is 39.9 Å². The Morgan fingerprint density at radius 2 is 1.55 bits per heavy atom. The van der Waals surface area contributed by atoms with E-state index >= 15 is 0 Å². The van der Waals surface area contributed by atoms with E-state index in [1.165, 1.54) is 0 Å². The molecule has 3 aromatic carbocycles. The Kier molecular flexibility index (Phi) is 4.40. The fraction of sp³-hybridized carbons (Fsp3) is 0.167. The first-order valence-electron chi connectivity index (χ1n) is 6.88. The minimum Gasteiger partial charge on any atom is -0.425 e. The second-order valence-electron chi connectivity index (χ2n) is 5.78. The predicted molar refractivity (Wildman–Crippen MR) is 92.6 cm³/mol. The van der Waals surface area contributed by atoms with E-state index in [4.69, 9.17) is 10.5 Å². The zero-order valence-electron chi connectivity index (χ0n) is 12.5. The molecule has 3 aromatic rings. The smallest absolute Gasteiger partial charge is 0.330 e. The van der Waals surface area contributed by atoms with Crippen molar-refractivity contribution in [1.82, 2.24) is 0 Å². The Balaban J connectivity index is 0.00000176. The van der Waals surface area contributed by atoms with Gasteiger partial charge in [0.15, 0.2) is 0 Å². The van der Waals surface area contributed by atoms with Gasteiger partial charge < -0.3 is 10.5 Å². The number of carbonyl (C=O) groups excluding carboxylic acids is 1. The topological polar surface area (TPSA) is 52.3 Å². The van der Waals surface area contributed by atoms with Crippen molar-refractivity contribution in [2.24, 2.45) is 5.73 Å². The Morgan fingerprint density at radius 1 is 0.955 bits per heavy atom. The van der Waals surface area contributed by atoms with Crippen molar-refractivity contribution in [3.8, 4) is 5.75 Å². The molecule has 3 nitrogen and oxygen atoms in total. The average Bonchev–Trinajstić information content (AvgIpc) is 2.46. The highest BCUT2D eigenvalue weighted by Gasteiger charge is 2.24. The zero-order valence-corrected chi connectivity index (χ0v) is 13.3. The molecule has 3 rings (SSSR count). The van der Waals surface area contributed by atoms with Crippen LogP contribution in [0.1, 0.15) is 13.8 Å². The summed E-state index contributed by atoms with van der Waals surface area (Å²) in [6, 6.07) is 17.9. The molecule has 0 aromatic heterocycles. The van der Waals surface area contributed by atoms with Crippen LogP contribution in [-0.4, -0.2) is 11.5 Å². The summed E-state index contributed by atoms with van der Waals surface area (Å²) >= 11 is 0. The van der Waals surface area contributed by atoms with E-state index in [-0.39, 0.29) is 12.4 Å². The highest BCUT2D eigenvalue weighted by atomic mass is 35.5. The molecule has 0 amide bonds. The maximum Gasteiger partial charge on any atom is 0.330 e. The SMILES string of the molecule is CC(C)(N)C(=O)Oc1ccc2ccc3ccccc3c2c1.Cl. The third-order valence-electron chi connectivity index (χ3n) is 3.45. The van der Waals surface area contributed by atoms with Gasteiger partial charge in [-0.25, -0.2) is 4.79 Å². The number of halogens is 1. The third-order valence-corrected chi connectivity index (χ3v) is 3.45. The number of hydrogen-bond acceptors (Lipinski definition) is 3. The molecule has 0 unspecified atom stereocenters. The summed E-state index contributed by atoms with van der Waals surface area (Å²) < 4.78 is 5.37. The van der Waals surface area contributed by atoms with Gasteiger partial charge in [-0.3, -0.25) is 0 Å². The average molecular weight is 316 g/mol. The normalized spacial score (nSPS) is 11.2. The molecule has 0 heterocycles. The second-order valence-corrected chi connectivity index (χ2v) is 5.78. The van der Waals surface area contributed by atoms with Crippen molar-refractivity contribution in [2.75, 3.05) is 0 Å². The Hall–Kier alpha value is -2.10. The van der Waals surface area contributed by atoms with E-state index in [0.29, 0.717) is 5.75 Å². The molecule has 2 N–H and O–H groups in total. The van der Waals surface area contributed by atoms with Gasteiger partial charge in [-0.1, -0.05) is 42.5 Å². The number of benzene rings is 3. The lowest BCUT2D eigenvalue weighted by atomic mass is 10.0. The summed E-state index contributed by atoms with van der Waals surface area (Å²) in [4.78, 5) is 11.9. The molecule has 0 bridgehead atoms. The van der Waals surface area contributed by atoms with Crippen LogP contribution in [0.3, 0.4) is 0 Å². The molecule has 0 saturated carbocycles. The van der Waals surface area contributed by atoms with Gasteiger partial charge in [0.05, 0.1) is 0 Å². The van der Waals surface area contributed by atoms with E-state index in [1.54, 1.807) is 19.9 Å². The summed E-state index contributed by atoms with van der Waals surface area (Å²) in [6.07, 6.45) is 0. The number of hydrogen-bond donors (Lipinski definition) is 1. The molecule has 22 heavy (non-hydrogen) atoms. The lowest BCUT2D eigenvalue weighted by Gasteiger charge is -2.16. The standard InChI is InChI=1S/C18H17NO2.ClH/c1-18(2,19)17(20)21-14-10-9-13-8-7-12-5-3-4-6-15(12)16(13)11-14;/h3-11H,19H2,1-2H3;1H. The number of carbonyl (C=O) groups is 1. The lowest BCUT2D eigenvalue weighted by Crippen LogP contribution is -2.44. The molecule has 0 radical (unpaired) electrons. The molecular weight excluding hydrogens is 298 g/mol. The molecular formula is C18H18ClNO2. The molecule has 0 aliphatic rings. The van der Waals surface area contributed by atoms with Crippen LogP contribution in [0.25, 0.3) is 21.5 Å². The minimum atomic E-state index is -1.01. The molecule has 0 aliphatic carbocycles. The fourth-order valence-electron chi connectivity index (χ4n) is 2.28. The number of rotatable bonds is 2. The molecule has 0 saturated heterocycles. The summed E-state index contributed by atoms with van der Waals surface area (Å²) in [5.41, 5.74) is 4.75. The Bertz CT molecular complexity index is 837. The Labute approximate surface area is 135 Å². The fourth-order valence-corrected chi connectivity index (χ4v) is 2.28. The van der Waals surface area contributed by atoms with Gasteiger partial charge in [0, 0.05) is 0 Å². The van der Waals surface area contributed by atoms with Crippen LogP contribution in [-0.2, 0) is 4.79 Å². The van der Waals surface area contributed by atoms with Gasteiger partial charge in [0.1, 0.15) is 11.3 Å². The summed E-state index contributed by atoms with van der Waals surface area (Å²) in [5.74, 6) is 0.0736. The molecule has 4 heteroatoms. The molecule has 0 atom stereocenters. The van der Waals surface area contributed by atoms with Crippen molar-refractivity contribution in [3.05, 3.63) is 54.6 Å². The van der Waals surface area contributed by atoms with Crippen LogP contribution < -0.4 is 10.5 Å². The van der Waals surface area contributed by atoms with Crippen LogP contribution in [0.5, 0.6) is 5.75 Å². The summed E-state index contributed by atoms with van der Waals surface area (Å²) in [6.45, 7) is 3.26. The minimum absolute atomic E-state index is 0. The van der Waals surface area contributed by atoms with Crippen molar-refractivity contribution in [1.29, 1.82) is 0 Å². The molecule has 0 spiro atoms. The summed E-state index contributed by atoms with van der Waals surface area (Å²) in [5, 5.41) is 4.47. The van der Waals surface area contributed by atoms with Crippen LogP contribution >= 0.6 is 12.4 Å². The predicted octanol–water partition coefficient (Wildman–Crippen LogP) is 4.06. The molecule has 0 fully saturated rings. The van der Waals surface area contributed by atoms with E-state index in [9.17, 15) is 4.79 Å². The van der Waals surface area contributed by atoms with Crippen LogP contribution in [0.15, 0.2) is 54.6 Å². The van der Waals surface area contributed by atoms with Crippen LogP contribution in [0, 0.1) is 0 Å². The van der Waals surface area contributed by atoms with Crippen LogP contribution in [0.2, 0.25) is 0 Å². The van der Waals surface area contributed by atoms with Gasteiger partial charge in [-0.05, 0) is 47.5 Å². The van der Waals surface area contributed by atoms with Gasteiger partial charge in [0.25, 0.3) is 0 Å². The molecule has 0 aliphatic heterocycles. The van der Waals surface area contributed by atoms with E-state index in [2.05, 4.69) is 24.3 Å². The van der Waals surface area contributed by atoms with Crippen LogP contribution in [0.4, 0.5) is 0 Å². The molecule has 114 valence electrons.